The van der Waals surface area contributed by atoms with E-state index < -0.39 is 50.6 Å². The number of fused-ring (bicyclic) bond motifs is 1. The van der Waals surface area contributed by atoms with Gasteiger partial charge in [0.15, 0.2) is 4.80 Å². The number of esters is 1. The highest BCUT2D eigenvalue weighted by Gasteiger charge is 2.34. The molecular formula is C25H22N4O8S2. The quantitative estimate of drug-likeness (QED) is 0.194. The minimum atomic E-state index is -0.949. The Hall–Kier alpha value is -4.30. The van der Waals surface area contributed by atoms with Crippen molar-refractivity contribution >= 4 is 46.5 Å². The van der Waals surface area contributed by atoms with Crippen LogP contribution in [0.2, 0.25) is 0 Å². The maximum atomic E-state index is 13.7. The van der Waals surface area contributed by atoms with E-state index in [0.29, 0.717) is 17.3 Å². The molecule has 2 aromatic carbocycles. The number of benzene rings is 2. The Kier molecular flexibility index (Phi) is 7.70. The van der Waals surface area contributed by atoms with Gasteiger partial charge in [-0.05, 0) is 50.8 Å². The Morgan fingerprint density at radius 3 is 2.44 bits per heavy atom. The first kappa shape index (κ1) is 27.7. The van der Waals surface area contributed by atoms with Crippen LogP contribution in [0.4, 0.5) is 11.4 Å². The Balaban J connectivity index is 1.98. The molecule has 0 spiro atoms. The van der Waals surface area contributed by atoms with Crippen LogP contribution in [0, 0.1) is 20.2 Å². The van der Waals surface area contributed by atoms with Gasteiger partial charge in [-0.25, -0.2) is 9.79 Å². The molecule has 4 rings (SSSR count). The molecule has 12 nitrogen and oxygen atoms in total. The molecule has 14 heteroatoms. The highest BCUT2D eigenvalue weighted by Crippen LogP contribution is 2.35. The number of nitro groups is 2. The minimum absolute atomic E-state index is 0.00384. The second-order valence-corrected chi connectivity index (χ2v) is 10.6. The van der Waals surface area contributed by atoms with Gasteiger partial charge in [-0.15, -0.1) is 11.8 Å². The fraction of sp³-hybridized carbons (Fsp3) is 0.240. The number of carbonyl (C=O) groups is 1. The topological polar surface area (TPSA) is 167 Å². The van der Waals surface area contributed by atoms with Crippen LogP contribution in [0.25, 0.3) is 6.08 Å². The smallest absolute Gasteiger partial charge is 0.338 e. The number of thioether (sulfide) groups is 1. The lowest BCUT2D eigenvalue weighted by molar-refractivity contribution is -0.394. The summed E-state index contributed by atoms with van der Waals surface area (Å²) in [5.41, 5.74) is -1.23. The molecule has 0 aliphatic carbocycles. The number of phenols is 1. The van der Waals surface area contributed by atoms with E-state index in [1.165, 1.54) is 16.3 Å². The van der Waals surface area contributed by atoms with Crippen LogP contribution in [0.3, 0.4) is 0 Å². The van der Waals surface area contributed by atoms with E-state index in [4.69, 9.17) is 4.74 Å². The Morgan fingerprint density at radius 1 is 1.21 bits per heavy atom. The van der Waals surface area contributed by atoms with E-state index in [2.05, 4.69) is 4.99 Å². The summed E-state index contributed by atoms with van der Waals surface area (Å²) < 4.78 is 6.77. The minimum Gasteiger partial charge on any atom is -0.502 e. The first-order chi connectivity index (χ1) is 18.4. The van der Waals surface area contributed by atoms with E-state index in [1.807, 2.05) is 18.4 Å². The molecule has 39 heavy (non-hydrogen) atoms. The van der Waals surface area contributed by atoms with Gasteiger partial charge < -0.3 is 9.84 Å². The number of hydrogen-bond acceptors (Lipinski definition) is 11. The Labute approximate surface area is 228 Å². The van der Waals surface area contributed by atoms with Gasteiger partial charge in [0.1, 0.15) is 0 Å². The van der Waals surface area contributed by atoms with Gasteiger partial charge in [0.05, 0.1) is 43.9 Å². The number of hydrogen-bond donors (Lipinski definition) is 1. The molecular weight excluding hydrogens is 548 g/mol. The van der Waals surface area contributed by atoms with Crippen molar-refractivity contribution in [2.24, 2.45) is 4.99 Å². The number of aromatic hydroxyl groups is 1. The number of nitrogens with zero attached hydrogens (tertiary/aromatic N) is 4. The number of nitro benzene ring substituents is 2. The van der Waals surface area contributed by atoms with E-state index >= 15 is 0 Å². The van der Waals surface area contributed by atoms with Crippen LogP contribution in [0.1, 0.15) is 37.9 Å². The van der Waals surface area contributed by atoms with Crippen molar-refractivity contribution in [1.29, 1.82) is 0 Å². The third-order valence-corrected chi connectivity index (χ3v) is 7.54. The zero-order chi connectivity index (χ0) is 28.6. The fourth-order valence-corrected chi connectivity index (χ4v) is 5.53. The average Bonchev–Trinajstić information content (AvgIpc) is 3.17. The lowest BCUT2D eigenvalue weighted by Gasteiger charge is -2.25. The van der Waals surface area contributed by atoms with Crippen LogP contribution in [-0.4, -0.2) is 37.8 Å². The maximum Gasteiger partial charge on any atom is 0.338 e. The van der Waals surface area contributed by atoms with E-state index in [9.17, 15) is 34.9 Å². The predicted octanol–water partition coefficient (Wildman–Crippen LogP) is 3.43. The number of phenolic OH excluding ortho intramolecular Hbond substituents is 1. The monoisotopic (exact) mass is 570 g/mol. The number of allylic oxidation sites excluding steroid dienone is 1. The standard InChI is InChI=1S/C25H22N4O8S2/c1-12(2)37-24(32)20-13(3)26-25-27(21(20)14-5-7-17(38-4)8-6-14)23(31)19(39-25)10-15-9-16(28(33)34)11-18(22(15)30)29(35)36/h5-12,21,30H,1-4H3/b19-10-/t21-/m0/s1. The maximum absolute atomic E-state index is 13.7. The summed E-state index contributed by atoms with van der Waals surface area (Å²) in [6.07, 6.45) is 2.63. The predicted molar refractivity (Wildman–Crippen MR) is 145 cm³/mol. The van der Waals surface area contributed by atoms with E-state index in [-0.39, 0.29) is 20.5 Å². The zero-order valence-corrected chi connectivity index (χ0v) is 22.7. The summed E-state index contributed by atoms with van der Waals surface area (Å²) in [6.45, 7) is 5.04. The summed E-state index contributed by atoms with van der Waals surface area (Å²) in [5.74, 6) is -1.45. The lowest BCUT2D eigenvalue weighted by Crippen LogP contribution is -2.40. The molecule has 0 bridgehead atoms. The molecule has 0 radical (unpaired) electrons. The molecule has 1 aliphatic rings. The molecule has 0 amide bonds. The van der Waals surface area contributed by atoms with Crippen molar-refractivity contribution in [2.45, 2.75) is 37.8 Å². The third kappa shape index (κ3) is 5.33. The van der Waals surface area contributed by atoms with Crippen LogP contribution in [0.5, 0.6) is 5.75 Å². The number of carbonyl (C=O) groups excluding carboxylic acids is 1. The second-order valence-electron chi connectivity index (χ2n) is 8.73. The zero-order valence-electron chi connectivity index (χ0n) is 21.1. The largest absolute Gasteiger partial charge is 0.502 e. The molecule has 1 atom stereocenters. The summed E-state index contributed by atoms with van der Waals surface area (Å²) in [5, 5.41) is 33.1. The molecule has 2 heterocycles. The Morgan fingerprint density at radius 2 is 1.87 bits per heavy atom. The van der Waals surface area contributed by atoms with Crippen LogP contribution in [0.15, 0.2) is 62.4 Å². The van der Waals surface area contributed by atoms with Crippen molar-refractivity contribution in [2.75, 3.05) is 6.26 Å². The second kappa shape index (κ2) is 10.8. The molecule has 0 unspecified atom stereocenters. The van der Waals surface area contributed by atoms with E-state index in [1.54, 1.807) is 32.9 Å². The van der Waals surface area contributed by atoms with Crippen molar-refractivity contribution in [3.63, 3.8) is 0 Å². The van der Waals surface area contributed by atoms with Crippen molar-refractivity contribution < 1.29 is 24.5 Å². The number of ether oxygens (including phenoxy) is 1. The molecule has 0 saturated heterocycles. The highest BCUT2D eigenvalue weighted by molar-refractivity contribution is 7.98. The first-order valence-corrected chi connectivity index (χ1v) is 13.5. The highest BCUT2D eigenvalue weighted by atomic mass is 32.2. The van der Waals surface area contributed by atoms with Gasteiger partial charge in [-0.1, -0.05) is 23.5 Å². The molecule has 1 N–H and O–H groups in total. The molecule has 0 fully saturated rings. The van der Waals surface area contributed by atoms with Gasteiger partial charge in [0.2, 0.25) is 5.75 Å². The summed E-state index contributed by atoms with van der Waals surface area (Å²) >= 11 is 2.45. The van der Waals surface area contributed by atoms with Gasteiger partial charge in [-0.3, -0.25) is 29.6 Å². The number of rotatable bonds is 7. The van der Waals surface area contributed by atoms with Gasteiger partial charge >= 0.3 is 11.7 Å². The van der Waals surface area contributed by atoms with Gasteiger partial charge in [0, 0.05) is 16.5 Å². The average molecular weight is 571 g/mol. The molecule has 3 aromatic rings. The van der Waals surface area contributed by atoms with E-state index in [0.717, 1.165) is 28.4 Å². The van der Waals surface area contributed by atoms with Gasteiger partial charge in [-0.2, -0.15) is 0 Å². The molecule has 202 valence electrons. The van der Waals surface area contributed by atoms with Crippen molar-refractivity contribution in [1.82, 2.24) is 4.57 Å². The molecule has 1 aliphatic heterocycles. The molecule has 0 saturated carbocycles. The first-order valence-electron chi connectivity index (χ1n) is 11.5. The van der Waals surface area contributed by atoms with Crippen LogP contribution >= 0.6 is 23.1 Å². The normalized spacial score (nSPS) is 15.2. The third-order valence-electron chi connectivity index (χ3n) is 5.81. The SMILES string of the molecule is CSc1ccc([C@H]2C(C(=O)OC(C)C)=C(C)N=c3s/c(=C\c4cc([N+](=O)[O-])cc([N+](=O)[O-])c4O)c(=O)n32)cc1. The fourth-order valence-electron chi connectivity index (χ4n) is 4.08. The van der Waals surface area contributed by atoms with Crippen LogP contribution < -0.4 is 14.9 Å². The van der Waals surface area contributed by atoms with Crippen LogP contribution in [-0.2, 0) is 9.53 Å². The van der Waals surface area contributed by atoms with Gasteiger partial charge in [0.25, 0.3) is 11.2 Å². The Bertz CT molecular complexity index is 1720. The summed E-state index contributed by atoms with van der Waals surface area (Å²) in [7, 11) is 0. The number of thiazole rings is 1. The number of non-ortho nitro benzene ring substituents is 1. The summed E-state index contributed by atoms with van der Waals surface area (Å²) in [6, 6.07) is 8.00. The number of aromatic nitrogens is 1. The molecule has 1 aromatic heterocycles. The van der Waals surface area contributed by atoms with Crippen molar-refractivity contribution in [3.8, 4) is 5.75 Å². The van der Waals surface area contributed by atoms with Crippen molar-refractivity contribution in [3.05, 3.63) is 98.7 Å². The lowest BCUT2D eigenvalue weighted by atomic mass is 9.96. The summed E-state index contributed by atoms with van der Waals surface area (Å²) in [4.78, 5) is 53.5.